The van der Waals surface area contributed by atoms with Gasteiger partial charge < -0.3 is 10.4 Å². The third-order valence-corrected chi connectivity index (χ3v) is 3.57. The highest BCUT2D eigenvalue weighted by Gasteiger charge is 2.10. The number of hydrogen-bond acceptors (Lipinski definition) is 3. The number of hydrogen-bond donors (Lipinski definition) is 2. The molecule has 5 nitrogen and oxygen atoms in total. The van der Waals surface area contributed by atoms with Crippen molar-refractivity contribution in [3.05, 3.63) is 62.7 Å². The molecule has 0 radical (unpaired) electrons. The van der Waals surface area contributed by atoms with Crippen LogP contribution in [0.1, 0.15) is 26.4 Å². The van der Waals surface area contributed by atoms with Gasteiger partial charge in [0.2, 0.25) is 0 Å². The van der Waals surface area contributed by atoms with Crippen molar-refractivity contribution in [1.29, 1.82) is 0 Å². The van der Waals surface area contributed by atoms with Crippen LogP contribution in [0.3, 0.4) is 0 Å². The average Bonchev–Trinajstić information content (AvgIpc) is 2.45. The Hall–Kier alpha value is -2.03. The number of rotatable bonds is 4. The molecule has 2 N–H and O–H groups in total. The number of carbonyl (C=O) groups excluding carboxylic acids is 1. The van der Waals surface area contributed by atoms with Gasteiger partial charge in [0, 0.05) is 16.3 Å². The molecule has 1 heterocycles. The van der Waals surface area contributed by atoms with E-state index in [9.17, 15) is 14.0 Å². The first-order chi connectivity index (χ1) is 9.97. The first-order valence-corrected chi connectivity index (χ1v) is 6.96. The van der Waals surface area contributed by atoms with E-state index in [0.717, 1.165) is 0 Å². The molecule has 0 aliphatic heterocycles. The Kier molecular flexibility index (Phi) is 4.84. The summed E-state index contributed by atoms with van der Waals surface area (Å²) in [5.41, 5.74) is 0.996. The van der Waals surface area contributed by atoms with Gasteiger partial charge in [-0.15, -0.1) is 0 Å². The summed E-state index contributed by atoms with van der Waals surface area (Å²) in [5, 5.41) is 11.4. The fraction of sp³-hybridized carbons (Fsp3) is 0.0714. The Labute approximate surface area is 133 Å². The monoisotopic (exact) mass is 400 g/mol. The molecule has 1 aromatic carbocycles. The maximum Gasteiger partial charge on any atom is 0.354 e. The lowest BCUT2D eigenvalue weighted by Crippen LogP contribution is -2.23. The van der Waals surface area contributed by atoms with E-state index < -0.39 is 11.8 Å². The van der Waals surface area contributed by atoms with Crippen molar-refractivity contribution >= 4 is 34.5 Å². The van der Waals surface area contributed by atoms with Crippen molar-refractivity contribution < 1.29 is 19.1 Å². The molecule has 0 saturated heterocycles. The molecular weight excluding hydrogens is 390 g/mol. The van der Waals surface area contributed by atoms with E-state index in [-0.39, 0.29) is 18.1 Å². The molecule has 108 valence electrons. The van der Waals surface area contributed by atoms with E-state index in [2.05, 4.69) is 10.3 Å². The van der Waals surface area contributed by atoms with E-state index in [1.54, 1.807) is 6.07 Å². The van der Waals surface area contributed by atoms with E-state index >= 15 is 0 Å². The first-order valence-electron chi connectivity index (χ1n) is 5.89. The number of aromatic nitrogens is 1. The summed E-state index contributed by atoms with van der Waals surface area (Å²) in [6.07, 6.45) is 1.39. The quantitative estimate of drug-likeness (QED) is 0.773. The number of pyridine rings is 1. The van der Waals surface area contributed by atoms with Crippen LogP contribution in [-0.2, 0) is 6.54 Å². The summed E-state index contributed by atoms with van der Waals surface area (Å²) in [4.78, 5) is 26.4. The molecule has 0 spiro atoms. The number of nitrogens with zero attached hydrogens (tertiary/aromatic N) is 1. The number of halogens is 2. The Balaban J connectivity index is 2.02. The van der Waals surface area contributed by atoms with Crippen LogP contribution >= 0.6 is 22.6 Å². The van der Waals surface area contributed by atoms with Gasteiger partial charge in [-0.3, -0.25) is 4.79 Å². The Morgan fingerprint density at radius 2 is 2.05 bits per heavy atom. The SMILES string of the molecule is O=C(O)c1ccc(CNC(=O)c2ccc(F)cc2I)cn1. The van der Waals surface area contributed by atoms with Gasteiger partial charge in [-0.05, 0) is 52.4 Å². The predicted octanol–water partition coefficient (Wildman–Crippen LogP) is 2.45. The fourth-order valence-corrected chi connectivity index (χ4v) is 2.33. The standard InChI is InChI=1S/C14H10FIN2O3/c15-9-2-3-10(11(16)5-9)13(19)18-7-8-1-4-12(14(20)21)17-6-8/h1-6H,7H2,(H,18,19)(H,20,21). The van der Waals surface area contributed by atoms with Gasteiger partial charge in [-0.2, -0.15) is 0 Å². The number of carbonyl (C=O) groups is 2. The van der Waals surface area contributed by atoms with E-state index in [1.165, 1.54) is 30.5 Å². The third-order valence-electron chi connectivity index (χ3n) is 2.67. The molecule has 0 saturated carbocycles. The molecule has 0 bridgehead atoms. The zero-order valence-corrected chi connectivity index (χ0v) is 12.8. The molecule has 1 amide bonds. The molecular formula is C14H10FIN2O3. The number of carboxylic acids is 1. The summed E-state index contributed by atoms with van der Waals surface area (Å²) in [5.74, 6) is -1.84. The number of carboxylic acid groups (broad SMARTS) is 1. The van der Waals surface area contributed by atoms with Crippen LogP contribution in [0.4, 0.5) is 4.39 Å². The van der Waals surface area contributed by atoms with Crippen molar-refractivity contribution in [3.8, 4) is 0 Å². The van der Waals surface area contributed by atoms with Gasteiger partial charge in [-0.25, -0.2) is 14.2 Å². The zero-order chi connectivity index (χ0) is 15.4. The largest absolute Gasteiger partial charge is 0.477 e. The molecule has 0 aliphatic rings. The van der Waals surface area contributed by atoms with Crippen molar-refractivity contribution in [1.82, 2.24) is 10.3 Å². The normalized spacial score (nSPS) is 10.2. The summed E-state index contributed by atoms with van der Waals surface area (Å²) in [7, 11) is 0. The second-order valence-corrected chi connectivity index (χ2v) is 5.33. The van der Waals surface area contributed by atoms with Crippen LogP contribution in [-0.4, -0.2) is 22.0 Å². The highest BCUT2D eigenvalue weighted by atomic mass is 127. The van der Waals surface area contributed by atoms with Gasteiger partial charge in [0.1, 0.15) is 11.5 Å². The lowest BCUT2D eigenvalue weighted by Gasteiger charge is -2.07. The Morgan fingerprint density at radius 1 is 1.29 bits per heavy atom. The first kappa shape index (κ1) is 15.4. The summed E-state index contributed by atoms with van der Waals surface area (Å²) in [6, 6.07) is 6.86. The minimum absolute atomic E-state index is 0.0573. The number of aromatic carboxylic acids is 1. The van der Waals surface area contributed by atoms with E-state index in [1.807, 2.05) is 22.6 Å². The molecule has 0 atom stereocenters. The highest BCUT2D eigenvalue weighted by molar-refractivity contribution is 14.1. The molecule has 0 fully saturated rings. The molecule has 2 rings (SSSR count). The summed E-state index contributed by atoms with van der Waals surface area (Å²) < 4.78 is 13.5. The third kappa shape index (κ3) is 3.97. The predicted molar refractivity (Wildman–Crippen MR) is 81.5 cm³/mol. The maximum atomic E-state index is 13.0. The van der Waals surface area contributed by atoms with Crippen molar-refractivity contribution in [2.75, 3.05) is 0 Å². The second kappa shape index (κ2) is 6.61. The minimum atomic E-state index is -1.11. The van der Waals surface area contributed by atoms with E-state index in [0.29, 0.717) is 14.7 Å². The van der Waals surface area contributed by atoms with Crippen molar-refractivity contribution in [2.45, 2.75) is 6.54 Å². The van der Waals surface area contributed by atoms with Gasteiger partial charge >= 0.3 is 5.97 Å². The van der Waals surface area contributed by atoms with Gasteiger partial charge in [0.25, 0.3) is 5.91 Å². The van der Waals surface area contributed by atoms with Crippen molar-refractivity contribution in [2.24, 2.45) is 0 Å². The van der Waals surface area contributed by atoms with Crippen LogP contribution < -0.4 is 5.32 Å². The van der Waals surface area contributed by atoms with Crippen LogP contribution in [0, 0.1) is 9.39 Å². The van der Waals surface area contributed by atoms with Crippen LogP contribution in [0.5, 0.6) is 0 Å². The Bertz CT molecular complexity index is 689. The number of benzene rings is 1. The smallest absolute Gasteiger partial charge is 0.354 e. The van der Waals surface area contributed by atoms with Crippen LogP contribution in [0.25, 0.3) is 0 Å². The minimum Gasteiger partial charge on any atom is -0.477 e. The molecule has 0 aliphatic carbocycles. The molecule has 21 heavy (non-hydrogen) atoms. The highest BCUT2D eigenvalue weighted by Crippen LogP contribution is 2.14. The van der Waals surface area contributed by atoms with Crippen molar-refractivity contribution in [3.63, 3.8) is 0 Å². The van der Waals surface area contributed by atoms with E-state index in [4.69, 9.17) is 5.11 Å². The fourth-order valence-electron chi connectivity index (χ4n) is 1.61. The van der Waals surface area contributed by atoms with Crippen LogP contribution in [0.15, 0.2) is 36.5 Å². The van der Waals surface area contributed by atoms with Gasteiger partial charge in [0.05, 0.1) is 5.56 Å². The average molecular weight is 400 g/mol. The molecule has 2 aromatic rings. The van der Waals surface area contributed by atoms with Crippen LogP contribution in [0.2, 0.25) is 0 Å². The number of amides is 1. The summed E-state index contributed by atoms with van der Waals surface area (Å²) >= 11 is 1.89. The topological polar surface area (TPSA) is 79.3 Å². The maximum absolute atomic E-state index is 13.0. The lowest BCUT2D eigenvalue weighted by atomic mass is 10.2. The molecule has 0 unspecified atom stereocenters. The van der Waals surface area contributed by atoms with Gasteiger partial charge in [0.15, 0.2) is 0 Å². The lowest BCUT2D eigenvalue weighted by molar-refractivity contribution is 0.0690. The second-order valence-electron chi connectivity index (χ2n) is 4.16. The summed E-state index contributed by atoms with van der Waals surface area (Å²) in [6.45, 7) is 0.208. The molecule has 1 aromatic heterocycles. The zero-order valence-electron chi connectivity index (χ0n) is 10.6. The Morgan fingerprint density at radius 3 is 2.62 bits per heavy atom. The molecule has 7 heteroatoms. The van der Waals surface area contributed by atoms with Gasteiger partial charge in [-0.1, -0.05) is 6.07 Å². The number of nitrogens with one attached hydrogen (secondary N) is 1.